The van der Waals surface area contributed by atoms with Crippen molar-refractivity contribution in [1.29, 1.82) is 0 Å². The molecule has 6 nitrogen and oxygen atoms in total. The minimum atomic E-state index is -0.291. The van der Waals surface area contributed by atoms with Gasteiger partial charge in [0, 0.05) is 16.1 Å². The van der Waals surface area contributed by atoms with Crippen molar-refractivity contribution in [3.05, 3.63) is 106 Å². The summed E-state index contributed by atoms with van der Waals surface area (Å²) in [5, 5.41) is 3.59. The first-order valence-corrected chi connectivity index (χ1v) is 13.2. The quantitative estimate of drug-likeness (QED) is 0.287. The Labute approximate surface area is 218 Å². The van der Waals surface area contributed by atoms with Gasteiger partial charge in [0.2, 0.25) is 5.91 Å². The van der Waals surface area contributed by atoms with E-state index in [-0.39, 0.29) is 18.0 Å². The molecular formula is C30H25N3O3S. The smallest absolute Gasteiger partial charge is 0.263 e. The Morgan fingerprint density at radius 1 is 0.892 bits per heavy atom. The fourth-order valence-corrected chi connectivity index (χ4v) is 6.02. The number of rotatable bonds is 6. The Balaban J connectivity index is 1.29. The molecule has 2 heterocycles. The van der Waals surface area contributed by atoms with E-state index in [4.69, 9.17) is 9.72 Å². The van der Waals surface area contributed by atoms with Gasteiger partial charge < -0.3 is 10.1 Å². The van der Waals surface area contributed by atoms with E-state index in [9.17, 15) is 9.59 Å². The molecule has 0 atom stereocenters. The summed E-state index contributed by atoms with van der Waals surface area (Å²) in [6.45, 7) is -0.126. The van der Waals surface area contributed by atoms with E-state index in [0.29, 0.717) is 22.6 Å². The van der Waals surface area contributed by atoms with Gasteiger partial charge in [-0.05, 0) is 67.6 Å². The molecule has 184 valence electrons. The molecule has 3 aromatic carbocycles. The molecule has 0 saturated carbocycles. The van der Waals surface area contributed by atoms with E-state index in [1.165, 1.54) is 9.44 Å². The van der Waals surface area contributed by atoms with Gasteiger partial charge in [-0.25, -0.2) is 4.98 Å². The van der Waals surface area contributed by atoms with Crippen LogP contribution in [0.5, 0.6) is 11.5 Å². The second kappa shape index (κ2) is 10.0. The van der Waals surface area contributed by atoms with Crippen LogP contribution < -0.4 is 15.6 Å². The molecule has 0 aliphatic heterocycles. The minimum Gasteiger partial charge on any atom is -0.457 e. The van der Waals surface area contributed by atoms with E-state index >= 15 is 0 Å². The van der Waals surface area contributed by atoms with Gasteiger partial charge in [-0.2, -0.15) is 0 Å². The third-order valence-corrected chi connectivity index (χ3v) is 7.71. The molecule has 0 bridgehead atoms. The number of nitrogens with zero attached hydrogens (tertiary/aromatic N) is 2. The second-order valence-corrected chi connectivity index (χ2v) is 10.2. The number of anilines is 1. The highest BCUT2D eigenvalue weighted by Crippen LogP contribution is 2.35. The summed E-state index contributed by atoms with van der Waals surface area (Å²) in [5.41, 5.74) is 2.40. The van der Waals surface area contributed by atoms with Crippen LogP contribution in [0.3, 0.4) is 0 Å². The van der Waals surface area contributed by atoms with Crippen LogP contribution >= 0.6 is 11.3 Å². The maximum atomic E-state index is 13.8. The predicted octanol–water partition coefficient (Wildman–Crippen LogP) is 6.43. The Kier molecular flexibility index (Phi) is 6.28. The highest BCUT2D eigenvalue weighted by Gasteiger charge is 2.23. The largest absolute Gasteiger partial charge is 0.457 e. The first-order chi connectivity index (χ1) is 18.2. The summed E-state index contributed by atoms with van der Waals surface area (Å²) < 4.78 is 7.34. The molecule has 0 spiro atoms. The Hall–Kier alpha value is -4.23. The molecule has 0 fully saturated rings. The lowest BCUT2D eigenvalue weighted by Crippen LogP contribution is -2.30. The van der Waals surface area contributed by atoms with Crippen LogP contribution in [0.25, 0.3) is 21.6 Å². The standard InChI is InChI=1S/C30H25N3O3S/c34-26(31-21-15-17-23(18-16-21)36-22-11-5-2-6-12-22)19-33-28(20-9-3-1-4-10-20)32-29-27(30(33)35)24-13-7-8-14-25(24)37-29/h1-6,9-12,15-18H,7-8,13-14,19H2,(H,31,34). The van der Waals surface area contributed by atoms with Crippen molar-refractivity contribution in [2.24, 2.45) is 0 Å². The monoisotopic (exact) mass is 507 g/mol. The molecule has 5 aromatic rings. The maximum absolute atomic E-state index is 13.8. The molecule has 2 aromatic heterocycles. The summed E-state index contributed by atoms with van der Waals surface area (Å²) in [6.07, 6.45) is 4.09. The van der Waals surface area contributed by atoms with Gasteiger partial charge in [0.15, 0.2) is 0 Å². The Bertz CT molecular complexity index is 1620. The molecule has 1 N–H and O–H groups in total. The number of hydrogen-bond donors (Lipinski definition) is 1. The number of thiophene rings is 1. The maximum Gasteiger partial charge on any atom is 0.263 e. The van der Waals surface area contributed by atoms with Crippen LogP contribution in [0.2, 0.25) is 0 Å². The summed E-state index contributed by atoms with van der Waals surface area (Å²) in [4.78, 5) is 33.9. The summed E-state index contributed by atoms with van der Waals surface area (Å²) in [6, 6.07) is 26.3. The molecule has 1 amide bonds. The van der Waals surface area contributed by atoms with Crippen LogP contribution in [-0.4, -0.2) is 15.5 Å². The van der Waals surface area contributed by atoms with Gasteiger partial charge in [0.05, 0.1) is 5.39 Å². The van der Waals surface area contributed by atoms with Gasteiger partial charge in [0.25, 0.3) is 5.56 Å². The highest BCUT2D eigenvalue weighted by atomic mass is 32.1. The van der Waals surface area contributed by atoms with E-state index in [2.05, 4.69) is 5.32 Å². The summed E-state index contributed by atoms with van der Waals surface area (Å²) in [5.74, 6) is 1.63. The summed E-state index contributed by atoms with van der Waals surface area (Å²) in [7, 11) is 0. The first-order valence-electron chi connectivity index (χ1n) is 12.4. The van der Waals surface area contributed by atoms with Gasteiger partial charge in [0.1, 0.15) is 28.7 Å². The van der Waals surface area contributed by atoms with Crippen molar-refractivity contribution >= 4 is 33.1 Å². The normalized spacial score (nSPS) is 12.8. The zero-order chi connectivity index (χ0) is 25.2. The van der Waals surface area contributed by atoms with Crippen LogP contribution in [0, 0.1) is 0 Å². The fourth-order valence-electron chi connectivity index (χ4n) is 4.77. The number of fused-ring (bicyclic) bond motifs is 3. The molecule has 7 heteroatoms. The number of hydrogen-bond acceptors (Lipinski definition) is 5. The number of ether oxygens (including phenoxy) is 1. The van der Waals surface area contributed by atoms with Crippen LogP contribution in [0.4, 0.5) is 5.69 Å². The van der Waals surface area contributed by atoms with Crippen LogP contribution in [-0.2, 0) is 24.2 Å². The zero-order valence-corrected chi connectivity index (χ0v) is 21.0. The SMILES string of the molecule is O=C(Cn1c(-c2ccccc2)nc2sc3c(c2c1=O)CCCC3)Nc1ccc(Oc2ccccc2)cc1. The third kappa shape index (κ3) is 4.78. The lowest BCUT2D eigenvalue weighted by atomic mass is 9.97. The molecule has 37 heavy (non-hydrogen) atoms. The predicted molar refractivity (Wildman–Crippen MR) is 148 cm³/mol. The fraction of sp³-hybridized carbons (Fsp3) is 0.167. The topological polar surface area (TPSA) is 73.2 Å². The molecule has 1 aliphatic rings. The van der Waals surface area contributed by atoms with E-state index in [1.807, 2.05) is 60.7 Å². The van der Waals surface area contributed by atoms with Crippen LogP contribution in [0.15, 0.2) is 89.7 Å². The van der Waals surface area contributed by atoms with Crippen molar-refractivity contribution in [3.8, 4) is 22.9 Å². The van der Waals surface area contributed by atoms with Crippen molar-refractivity contribution in [1.82, 2.24) is 9.55 Å². The lowest BCUT2D eigenvalue weighted by molar-refractivity contribution is -0.116. The van der Waals surface area contributed by atoms with E-state index in [1.54, 1.807) is 35.6 Å². The molecule has 1 aliphatic carbocycles. The number of nitrogens with one attached hydrogen (secondary N) is 1. The number of carbonyl (C=O) groups excluding carboxylic acids is 1. The van der Waals surface area contributed by atoms with E-state index < -0.39 is 0 Å². The number of aromatic nitrogens is 2. The average Bonchev–Trinajstić information content (AvgIpc) is 3.31. The zero-order valence-electron chi connectivity index (χ0n) is 20.1. The number of aryl methyl sites for hydroxylation is 2. The lowest BCUT2D eigenvalue weighted by Gasteiger charge is -2.14. The number of benzene rings is 3. The van der Waals surface area contributed by atoms with Gasteiger partial charge in [-0.1, -0.05) is 48.5 Å². The molecule has 6 rings (SSSR count). The van der Waals surface area contributed by atoms with Gasteiger partial charge in [-0.15, -0.1) is 11.3 Å². The minimum absolute atomic E-state index is 0.126. The summed E-state index contributed by atoms with van der Waals surface area (Å²) >= 11 is 1.62. The van der Waals surface area contributed by atoms with Crippen molar-refractivity contribution in [2.45, 2.75) is 32.2 Å². The van der Waals surface area contributed by atoms with Crippen molar-refractivity contribution in [2.75, 3.05) is 5.32 Å². The Morgan fingerprint density at radius 3 is 2.32 bits per heavy atom. The van der Waals surface area contributed by atoms with Crippen LogP contribution in [0.1, 0.15) is 23.3 Å². The molecule has 0 unspecified atom stereocenters. The number of amides is 1. The number of para-hydroxylation sites is 1. The molecule has 0 radical (unpaired) electrons. The second-order valence-electron chi connectivity index (χ2n) is 9.07. The van der Waals surface area contributed by atoms with Gasteiger partial charge >= 0.3 is 0 Å². The molecular weight excluding hydrogens is 482 g/mol. The average molecular weight is 508 g/mol. The Morgan fingerprint density at radius 2 is 1.57 bits per heavy atom. The van der Waals surface area contributed by atoms with Crippen molar-refractivity contribution in [3.63, 3.8) is 0 Å². The van der Waals surface area contributed by atoms with E-state index in [0.717, 1.165) is 47.4 Å². The van der Waals surface area contributed by atoms with Gasteiger partial charge in [-0.3, -0.25) is 14.2 Å². The third-order valence-electron chi connectivity index (χ3n) is 6.53. The molecule has 0 saturated heterocycles. The highest BCUT2D eigenvalue weighted by molar-refractivity contribution is 7.18. The first kappa shape index (κ1) is 23.2. The number of carbonyl (C=O) groups is 1. The van der Waals surface area contributed by atoms with Crippen molar-refractivity contribution < 1.29 is 9.53 Å².